The molecular formula is C23H15N3O7S. The lowest BCUT2D eigenvalue weighted by molar-refractivity contribution is -0.384. The summed E-state index contributed by atoms with van der Waals surface area (Å²) in [6.07, 6.45) is 1.31. The number of ether oxygens (including phenoxy) is 1. The number of ketones is 1. The number of rotatable bonds is 6. The summed E-state index contributed by atoms with van der Waals surface area (Å²) in [6, 6.07) is 12.5. The molecule has 34 heavy (non-hydrogen) atoms. The second-order valence-electron chi connectivity index (χ2n) is 7.33. The Morgan fingerprint density at radius 1 is 1.24 bits per heavy atom. The molecule has 2 aromatic carbocycles. The summed E-state index contributed by atoms with van der Waals surface area (Å²) >= 11 is 1.18. The van der Waals surface area contributed by atoms with Gasteiger partial charge < -0.3 is 14.3 Å². The summed E-state index contributed by atoms with van der Waals surface area (Å²) < 4.78 is 11.2. The molecule has 0 saturated carbocycles. The number of nitro groups is 1. The number of methoxy groups -OCH3 is 1. The van der Waals surface area contributed by atoms with Gasteiger partial charge in [0.1, 0.15) is 5.75 Å². The van der Waals surface area contributed by atoms with Gasteiger partial charge in [0.15, 0.2) is 16.7 Å². The predicted molar refractivity (Wildman–Crippen MR) is 122 cm³/mol. The molecule has 1 aliphatic heterocycles. The van der Waals surface area contributed by atoms with E-state index in [1.54, 1.807) is 18.2 Å². The monoisotopic (exact) mass is 477 g/mol. The maximum atomic E-state index is 13.2. The Labute approximate surface area is 195 Å². The number of aromatic nitrogens is 1. The number of nitrogens with zero attached hydrogens (tertiary/aromatic N) is 3. The third-order valence-corrected chi connectivity index (χ3v) is 6.43. The van der Waals surface area contributed by atoms with Gasteiger partial charge in [-0.25, -0.2) is 4.98 Å². The topological polar surface area (TPSA) is 136 Å². The van der Waals surface area contributed by atoms with Crippen LogP contribution in [0.25, 0.3) is 10.2 Å². The van der Waals surface area contributed by atoms with Crippen molar-refractivity contribution in [1.29, 1.82) is 0 Å². The van der Waals surface area contributed by atoms with Gasteiger partial charge in [-0.2, -0.15) is 0 Å². The number of thiazole rings is 1. The molecule has 0 aliphatic carbocycles. The van der Waals surface area contributed by atoms with E-state index in [1.807, 2.05) is 0 Å². The number of Topliss-reactive ketones (excluding diaryl/α,β-unsaturated/α-hetero) is 1. The molecule has 0 spiro atoms. The molecule has 10 nitrogen and oxygen atoms in total. The minimum atomic E-state index is -1.08. The van der Waals surface area contributed by atoms with Gasteiger partial charge in [0.05, 0.1) is 40.1 Å². The fraction of sp³-hybridized carbons (Fsp3) is 0.0870. The maximum absolute atomic E-state index is 13.2. The van der Waals surface area contributed by atoms with E-state index in [2.05, 4.69) is 4.98 Å². The van der Waals surface area contributed by atoms with Crippen molar-refractivity contribution in [3.8, 4) is 5.75 Å². The highest BCUT2D eigenvalue weighted by atomic mass is 32.1. The maximum Gasteiger partial charge on any atom is 0.296 e. The average Bonchev–Trinajstić information content (AvgIpc) is 3.57. The van der Waals surface area contributed by atoms with Crippen LogP contribution in [0.15, 0.2) is 76.6 Å². The Hall–Kier alpha value is -4.51. The van der Waals surface area contributed by atoms with Gasteiger partial charge in [0.25, 0.3) is 11.6 Å². The van der Waals surface area contributed by atoms with Gasteiger partial charge in [0, 0.05) is 12.1 Å². The number of aliphatic hydroxyl groups excluding tert-OH is 1. The van der Waals surface area contributed by atoms with Crippen LogP contribution in [0.5, 0.6) is 5.75 Å². The van der Waals surface area contributed by atoms with Gasteiger partial charge in [-0.05, 0) is 48.0 Å². The Kier molecular flexibility index (Phi) is 5.10. The number of benzene rings is 2. The van der Waals surface area contributed by atoms with E-state index in [1.165, 1.54) is 66.0 Å². The lowest BCUT2D eigenvalue weighted by atomic mass is 9.95. The van der Waals surface area contributed by atoms with E-state index < -0.39 is 28.4 Å². The lowest BCUT2D eigenvalue weighted by Gasteiger charge is -2.24. The normalized spacial score (nSPS) is 15.9. The predicted octanol–water partition coefficient (Wildman–Crippen LogP) is 4.59. The number of non-ortho nitro benzene ring substituents is 1. The second-order valence-corrected chi connectivity index (χ2v) is 8.33. The first-order chi connectivity index (χ1) is 16.4. The number of hydrogen-bond acceptors (Lipinski definition) is 9. The van der Waals surface area contributed by atoms with E-state index in [-0.39, 0.29) is 22.2 Å². The summed E-state index contributed by atoms with van der Waals surface area (Å²) in [5.41, 5.74) is 0.626. The highest BCUT2D eigenvalue weighted by molar-refractivity contribution is 7.22. The van der Waals surface area contributed by atoms with E-state index in [4.69, 9.17) is 9.15 Å². The minimum absolute atomic E-state index is 0.0582. The van der Waals surface area contributed by atoms with Gasteiger partial charge in [-0.1, -0.05) is 11.3 Å². The highest BCUT2D eigenvalue weighted by Crippen LogP contribution is 2.44. The molecule has 4 aromatic rings. The van der Waals surface area contributed by atoms with Crippen molar-refractivity contribution >= 4 is 44.1 Å². The summed E-state index contributed by atoms with van der Waals surface area (Å²) in [4.78, 5) is 42.7. The first-order valence-electron chi connectivity index (χ1n) is 9.93. The molecule has 0 fully saturated rings. The molecule has 2 aromatic heterocycles. The Balaban J connectivity index is 1.66. The number of amides is 1. The Bertz CT molecular complexity index is 1470. The Morgan fingerprint density at radius 3 is 2.65 bits per heavy atom. The van der Waals surface area contributed by atoms with E-state index in [0.717, 1.165) is 4.70 Å². The van der Waals surface area contributed by atoms with E-state index in [9.17, 15) is 24.8 Å². The van der Waals surface area contributed by atoms with Gasteiger partial charge in [0.2, 0.25) is 5.78 Å². The molecule has 3 heterocycles. The number of anilines is 1. The van der Waals surface area contributed by atoms with Crippen LogP contribution < -0.4 is 9.64 Å². The van der Waals surface area contributed by atoms with Crippen molar-refractivity contribution in [2.45, 2.75) is 6.04 Å². The number of carbonyl (C=O) groups excluding carboxylic acids is 2. The van der Waals surface area contributed by atoms with Crippen LogP contribution in [-0.2, 0) is 4.79 Å². The minimum Gasteiger partial charge on any atom is -0.503 e. The smallest absolute Gasteiger partial charge is 0.296 e. The van der Waals surface area contributed by atoms with Crippen LogP contribution in [-0.4, -0.2) is 33.8 Å². The van der Waals surface area contributed by atoms with Crippen LogP contribution in [0.1, 0.15) is 22.2 Å². The average molecular weight is 477 g/mol. The van der Waals surface area contributed by atoms with Gasteiger partial charge >= 0.3 is 0 Å². The number of hydrogen-bond donors (Lipinski definition) is 1. The van der Waals surface area contributed by atoms with Crippen LogP contribution in [0, 0.1) is 10.1 Å². The summed E-state index contributed by atoms with van der Waals surface area (Å²) in [7, 11) is 1.53. The lowest BCUT2D eigenvalue weighted by Crippen LogP contribution is -2.30. The van der Waals surface area contributed by atoms with Crippen LogP contribution in [0.3, 0.4) is 0 Å². The zero-order valence-corrected chi connectivity index (χ0v) is 18.3. The molecule has 11 heteroatoms. The standard InChI is InChI=1S/C23H15N3O7S/c1-32-14-8-9-15-17(11-14)34-23(24-15)25-19(12-4-6-13(7-5-12)26(30)31)18(21(28)22(25)29)20(27)16-3-2-10-33-16/h2-11,19,28H,1H3/t19-/m0/s1. The number of nitro benzene ring substituents is 1. The number of furan rings is 1. The fourth-order valence-corrected chi connectivity index (χ4v) is 4.81. The highest BCUT2D eigenvalue weighted by Gasteiger charge is 2.46. The second kappa shape index (κ2) is 8.12. The van der Waals surface area contributed by atoms with Crippen molar-refractivity contribution in [3.63, 3.8) is 0 Å². The zero-order valence-electron chi connectivity index (χ0n) is 17.5. The quantitative estimate of drug-likeness (QED) is 0.242. The van der Waals surface area contributed by atoms with Crippen molar-refractivity contribution in [1.82, 2.24) is 4.98 Å². The van der Waals surface area contributed by atoms with Crippen LogP contribution >= 0.6 is 11.3 Å². The van der Waals surface area contributed by atoms with Crippen molar-refractivity contribution in [3.05, 3.63) is 93.6 Å². The molecule has 0 radical (unpaired) electrons. The first-order valence-corrected chi connectivity index (χ1v) is 10.7. The third-order valence-electron chi connectivity index (χ3n) is 5.41. The number of fused-ring (bicyclic) bond motifs is 1. The molecular weight excluding hydrogens is 462 g/mol. The van der Waals surface area contributed by atoms with E-state index in [0.29, 0.717) is 16.8 Å². The molecule has 0 bridgehead atoms. The van der Waals surface area contributed by atoms with Crippen LogP contribution in [0.4, 0.5) is 10.8 Å². The van der Waals surface area contributed by atoms with Crippen LogP contribution in [0.2, 0.25) is 0 Å². The third kappa shape index (κ3) is 3.39. The van der Waals surface area contributed by atoms with Gasteiger partial charge in [-0.3, -0.25) is 24.6 Å². The Morgan fingerprint density at radius 2 is 2.00 bits per heavy atom. The molecule has 1 N–H and O–H groups in total. The fourth-order valence-electron chi connectivity index (χ4n) is 3.79. The molecule has 5 rings (SSSR count). The molecule has 0 saturated heterocycles. The molecule has 1 amide bonds. The summed E-state index contributed by atoms with van der Waals surface area (Å²) in [6.45, 7) is 0. The van der Waals surface area contributed by atoms with Gasteiger partial charge in [-0.15, -0.1) is 0 Å². The molecule has 1 aliphatic rings. The van der Waals surface area contributed by atoms with Crippen molar-refractivity contribution in [2.24, 2.45) is 0 Å². The van der Waals surface area contributed by atoms with Crippen molar-refractivity contribution < 1.29 is 28.8 Å². The number of aliphatic hydroxyl groups is 1. The SMILES string of the molecule is COc1ccc2nc(N3C(=O)C(O)=C(C(=O)c4ccco4)[C@@H]3c3ccc([N+](=O)[O-])cc3)sc2c1. The first kappa shape index (κ1) is 21.3. The number of carbonyl (C=O) groups is 2. The molecule has 0 unspecified atom stereocenters. The zero-order chi connectivity index (χ0) is 24.0. The molecule has 1 atom stereocenters. The van der Waals surface area contributed by atoms with E-state index >= 15 is 0 Å². The summed E-state index contributed by atoms with van der Waals surface area (Å²) in [5.74, 6) is -1.68. The molecule has 170 valence electrons. The largest absolute Gasteiger partial charge is 0.503 e. The van der Waals surface area contributed by atoms with Crippen molar-refractivity contribution in [2.75, 3.05) is 12.0 Å². The summed E-state index contributed by atoms with van der Waals surface area (Å²) in [5, 5.41) is 22.1.